The second-order valence-corrected chi connectivity index (χ2v) is 9.91. The summed E-state index contributed by atoms with van der Waals surface area (Å²) in [6.45, 7) is 2.76. The van der Waals surface area contributed by atoms with Gasteiger partial charge in [0.2, 0.25) is 5.91 Å². The van der Waals surface area contributed by atoms with Crippen molar-refractivity contribution in [2.75, 3.05) is 13.7 Å². The van der Waals surface area contributed by atoms with Gasteiger partial charge in [-0.15, -0.1) is 11.3 Å². The van der Waals surface area contributed by atoms with Crippen LogP contribution in [0.15, 0.2) is 64.5 Å². The summed E-state index contributed by atoms with van der Waals surface area (Å²) in [4.78, 5) is 34.3. The molecule has 0 unspecified atom stereocenters. The summed E-state index contributed by atoms with van der Waals surface area (Å²) in [5, 5.41) is 1.33. The lowest BCUT2D eigenvalue weighted by Gasteiger charge is -2.25. The Hall–Kier alpha value is -3.10. The van der Waals surface area contributed by atoms with Gasteiger partial charge in [0.25, 0.3) is 5.56 Å². The molecule has 0 bridgehead atoms. The van der Waals surface area contributed by atoms with E-state index in [0.717, 1.165) is 26.7 Å². The molecule has 1 aliphatic rings. The highest BCUT2D eigenvalue weighted by molar-refractivity contribution is 7.98. The molecule has 2 aromatic heterocycles. The van der Waals surface area contributed by atoms with Gasteiger partial charge in [0.1, 0.15) is 10.6 Å². The number of aromatic nitrogens is 2. The molecule has 168 valence electrons. The quantitative estimate of drug-likeness (QED) is 0.309. The summed E-state index contributed by atoms with van der Waals surface area (Å²) in [6, 6.07) is 17.6. The number of rotatable bonds is 5. The molecule has 3 heterocycles. The largest absolute Gasteiger partial charge is 0.497 e. The van der Waals surface area contributed by atoms with E-state index in [1.165, 1.54) is 16.9 Å². The molecule has 6 nitrogen and oxygen atoms in total. The van der Waals surface area contributed by atoms with E-state index >= 15 is 0 Å². The molecule has 1 amide bonds. The molecular formula is C25H23N3O3S2. The Balaban J connectivity index is 1.64. The molecule has 0 radical (unpaired) electrons. The van der Waals surface area contributed by atoms with E-state index in [0.29, 0.717) is 35.8 Å². The summed E-state index contributed by atoms with van der Waals surface area (Å²) < 4.78 is 7.00. The molecule has 0 fully saturated rings. The Labute approximate surface area is 199 Å². The van der Waals surface area contributed by atoms with Crippen molar-refractivity contribution in [3.8, 4) is 11.4 Å². The van der Waals surface area contributed by atoms with Crippen molar-refractivity contribution in [2.24, 2.45) is 0 Å². The van der Waals surface area contributed by atoms with E-state index in [9.17, 15) is 9.59 Å². The van der Waals surface area contributed by atoms with Crippen LogP contribution in [-0.4, -0.2) is 34.0 Å². The summed E-state index contributed by atoms with van der Waals surface area (Å²) in [5.74, 6) is 1.50. The molecule has 8 heteroatoms. The Bertz CT molecular complexity index is 1380. The lowest BCUT2D eigenvalue weighted by atomic mass is 10.1. The van der Waals surface area contributed by atoms with Gasteiger partial charge in [0, 0.05) is 24.1 Å². The zero-order valence-electron chi connectivity index (χ0n) is 18.4. The minimum Gasteiger partial charge on any atom is -0.497 e. The molecular weight excluding hydrogens is 454 g/mol. The van der Waals surface area contributed by atoms with Crippen LogP contribution in [0.1, 0.15) is 22.9 Å². The van der Waals surface area contributed by atoms with Gasteiger partial charge < -0.3 is 9.64 Å². The first-order valence-corrected chi connectivity index (χ1v) is 12.5. The van der Waals surface area contributed by atoms with E-state index in [4.69, 9.17) is 9.72 Å². The zero-order valence-corrected chi connectivity index (χ0v) is 20.0. The molecule has 5 rings (SSSR count). The van der Waals surface area contributed by atoms with Gasteiger partial charge in [-0.05, 0) is 41.8 Å². The summed E-state index contributed by atoms with van der Waals surface area (Å²) in [6.07, 6.45) is 0.672. The average Bonchev–Trinajstić information content (AvgIpc) is 3.21. The average molecular weight is 478 g/mol. The van der Waals surface area contributed by atoms with Crippen molar-refractivity contribution in [1.29, 1.82) is 0 Å². The van der Waals surface area contributed by atoms with Gasteiger partial charge in [0.15, 0.2) is 5.16 Å². The number of hydrogen-bond acceptors (Lipinski definition) is 6. The first kappa shape index (κ1) is 21.7. The van der Waals surface area contributed by atoms with Crippen molar-refractivity contribution in [3.05, 3.63) is 81.0 Å². The van der Waals surface area contributed by atoms with E-state index in [1.807, 2.05) is 47.4 Å². The summed E-state index contributed by atoms with van der Waals surface area (Å²) in [5.41, 5.74) is 2.90. The number of thiophene rings is 1. The topological polar surface area (TPSA) is 64.4 Å². The van der Waals surface area contributed by atoms with Crippen LogP contribution >= 0.6 is 23.1 Å². The predicted octanol–water partition coefficient (Wildman–Crippen LogP) is 4.65. The molecule has 0 N–H and O–H groups in total. The fourth-order valence-electron chi connectivity index (χ4n) is 4.07. The lowest BCUT2D eigenvalue weighted by molar-refractivity contribution is -0.129. The minimum atomic E-state index is -0.0606. The van der Waals surface area contributed by atoms with Gasteiger partial charge in [-0.1, -0.05) is 42.1 Å². The monoisotopic (exact) mass is 477 g/mol. The fourth-order valence-corrected chi connectivity index (χ4v) is 6.32. The molecule has 0 saturated heterocycles. The highest BCUT2D eigenvalue weighted by Gasteiger charge is 2.26. The molecule has 0 atom stereocenters. The first-order chi connectivity index (χ1) is 16.0. The Kier molecular flexibility index (Phi) is 5.95. The van der Waals surface area contributed by atoms with Crippen LogP contribution in [0, 0.1) is 0 Å². The molecule has 2 aromatic carbocycles. The molecule has 0 saturated carbocycles. The van der Waals surface area contributed by atoms with Crippen molar-refractivity contribution >= 4 is 39.2 Å². The number of carbonyl (C=O) groups excluding carboxylic acids is 1. The maximum atomic E-state index is 13.9. The normalized spacial score (nSPS) is 13.2. The highest BCUT2D eigenvalue weighted by Crippen LogP contribution is 2.35. The molecule has 0 aliphatic carbocycles. The van der Waals surface area contributed by atoms with Crippen LogP contribution in [0.3, 0.4) is 0 Å². The fraction of sp³-hybridized carbons (Fsp3) is 0.240. The van der Waals surface area contributed by atoms with Crippen LogP contribution < -0.4 is 10.3 Å². The Morgan fingerprint density at radius 1 is 1.15 bits per heavy atom. The van der Waals surface area contributed by atoms with Crippen molar-refractivity contribution in [1.82, 2.24) is 14.5 Å². The van der Waals surface area contributed by atoms with Gasteiger partial charge in [-0.2, -0.15) is 0 Å². The zero-order chi connectivity index (χ0) is 22.9. The predicted molar refractivity (Wildman–Crippen MR) is 133 cm³/mol. The lowest BCUT2D eigenvalue weighted by Crippen LogP contribution is -2.34. The van der Waals surface area contributed by atoms with E-state index < -0.39 is 0 Å². The third-order valence-electron chi connectivity index (χ3n) is 5.83. The smallest absolute Gasteiger partial charge is 0.267 e. The maximum Gasteiger partial charge on any atom is 0.267 e. The number of benzene rings is 2. The standard InChI is InChI=1S/C25H23N3O3S2/c1-16(29)27-13-12-20-21(14-27)33-23-22(20)24(30)28(18-8-10-19(31-2)11-9-18)25(26-23)32-15-17-6-4-3-5-7-17/h3-11H,12-15H2,1-2H3. The van der Waals surface area contributed by atoms with Crippen molar-refractivity contribution < 1.29 is 9.53 Å². The van der Waals surface area contributed by atoms with Crippen molar-refractivity contribution in [3.63, 3.8) is 0 Å². The molecule has 33 heavy (non-hydrogen) atoms. The first-order valence-electron chi connectivity index (χ1n) is 10.7. The van der Waals surface area contributed by atoms with Crippen LogP contribution in [0.4, 0.5) is 0 Å². The SMILES string of the molecule is COc1ccc(-n2c(SCc3ccccc3)nc3sc4c(c3c2=O)CCN(C(C)=O)C4)cc1. The van der Waals surface area contributed by atoms with Crippen molar-refractivity contribution in [2.45, 2.75) is 30.8 Å². The number of carbonyl (C=O) groups is 1. The van der Waals surface area contributed by atoms with Gasteiger partial charge in [0.05, 0.1) is 24.7 Å². The summed E-state index contributed by atoms with van der Waals surface area (Å²) >= 11 is 3.08. The number of nitrogens with zero attached hydrogens (tertiary/aromatic N) is 3. The number of fused-ring (bicyclic) bond motifs is 3. The van der Waals surface area contributed by atoms with E-state index in [2.05, 4.69) is 12.1 Å². The molecule has 0 spiro atoms. The number of hydrogen-bond donors (Lipinski definition) is 0. The third-order valence-corrected chi connectivity index (χ3v) is 7.95. The van der Waals surface area contributed by atoms with Gasteiger partial charge in [-0.25, -0.2) is 4.98 Å². The number of thioether (sulfide) groups is 1. The number of ether oxygens (including phenoxy) is 1. The second-order valence-electron chi connectivity index (χ2n) is 7.88. The second kappa shape index (κ2) is 9.03. The minimum absolute atomic E-state index is 0.0563. The third kappa shape index (κ3) is 4.16. The van der Waals surface area contributed by atoms with Crippen LogP contribution in [0.25, 0.3) is 15.9 Å². The Morgan fingerprint density at radius 2 is 1.91 bits per heavy atom. The molecule has 1 aliphatic heterocycles. The number of amides is 1. The maximum absolute atomic E-state index is 13.9. The van der Waals surface area contributed by atoms with E-state index in [1.54, 1.807) is 30.4 Å². The number of methoxy groups -OCH3 is 1. The highest BCUT2D eigenvalue weighted by atomic mass is 32.2. The van der Waals surface area contributed by atoms with Gasteiger partial charge in [-0.3, -0.25) is 14.2 Å². The van der Waals surface area contributed by atoms with E-state index in [-0.39, 0.29) is 11.5 Å². The van der Waals surface area contributed by atoms with Crippen LogP contribution in [0.2, 0.25) is 0 Å². The van der Waals surface area contributed by atoms with Gasteiger partial charge >= 0.3 is 0 Å². The van der Waals surface area contributed by atoms with Crippen LogP contribution in [0.5, 0.6) is 5.75 Å². The molecule has 4 aromatic rings. The van der Waals surface area contributed by atoms with Crippen LogP contribution in [-0.2, 0) is 23.5 Å². The summed E-state index contributed by atoms with van der Waals surface area (Å²) in [7, 11) is 1.62. The Morgan fingerprint density at radius 3 is 2.61 bits per heavy atom.